The Kier molecular flexibility index (Phi) is 4.17. The van der Waals surface area contributed by atoms with Gasteiger partial charge in [0.15, 0.2) is 0 Å². The van der Waals surface area contributed by atoms with Crippen LogP contribution in [0.25, 0.3) is 0 Å². The van der Waals surface area contributed by atoms with Crippen LogP contribution < -0.4 is 0 Å². The Morgan fingerprint density at radius 3 is 2.88 bits per heavy atom. The number of thioether (sulfide) groups is 1. The quantitative estimate of drug-likeness (QED) is 0.628. The van der Waals surface area contributed by atoms with Crippen LogP contribution in [0.2, 0.25) is 0 Å². The molecule has 0 aliphatic rings. The highest BCUT2D eigenvalue weighted by atomic mass is 32.2. The van der Waals surface area contributed by atoms with Gasteiger partial charge in [0.2, 0.25) is 0 Å². The summed E-state index contributed by atoms with van der Waals surface area (Å²) in [5.74, 6) is 0.548. The minimum absolute atomic E-state index is 0.275. The van der Waals surface area contributed by atoms with Crippen LogP contribution in [-0.4, -0.2) is 18.1 Å². The molecule has 0 aliphatic heterocycles. The summed E-state index contributed by atoms with van der Waals surface area (Å²) in [4.78, 5) is 16.4. The minimum Gasteiger partial charge on any atom is -0.465 e. The summed E-state index contributed by atoms with van der Waals surface area (Å²) in [6.07, 6.45) is 3.54. The van der Waals surface area contributed by atoms with Gasteiger partial charge in [0.05, 0.1) is 12.7 Å². The van der Waals surface area contributed by atoms with E-state index in [9.17, 15) is 4.79 Å². The lowest BCUT2D eigenvalue weighted by atomic mass is 10.3. The van der Waals surface area contributed by atoms with Crippen LogP contribution in [0.3, 0.4) is 0 Å². The molecule has 3 nitrogen and oxygen atoms in total. The van der Waals surface area contributed by atoms with E-state index < -0.39 is 0 Å². The van der Waals surface area contributed by atoms with Crippen molar-refractivity contribution in [1.29, 1.82) is 0 Å². The normalized spacial score (nSPS) is 10.2. The zero-order chi connectivity index (χ0) is 12.1. The first-order chi connectivity index (χ1) is 8.31. The van der Waals surface area contributed by atoms with Gasteiger partial charge in [-0.1, -0.05) is 0 Å². The van der Waals surface area contributed by atoms with E-state index in [1.165, 1.54) is 24.0 Å². The first kappa shape index (κ1) is 12.1. The molecule has 0 saturated carbocycles. The summed E-state index contributed by atoms with van der Waals surface area (Å²) in [5, 5.41) is 3.79. The van der Waals surface area contributed by atoms with Crippen molar-refractivity contribution in [1.82, 2.24) is 4.98 Å². The van der Waals surface area contributed by atoms with Crippen molar-refractivity contribution < 1.29 is 9.53 Å². The number of carbonyl (C=O) groups excluding carboxylic acids is 1. The average molecular weight is 265 g/mol. The van der Waals surface area contributed by atoms with Gasteiger partial charge in [-0.3, -0.25) is 4.98 Å². The summed E-state index contributed by atoms with van der Waals surface area (Å²) >= 11 is 3.14. The predicted molar refractivity (Wildman–Crippen MR) is 69.5 cm³/mol. The average Bonchev–Trinajstić information content (AvgIpc) is 2.85. The fourth-order valence-corrected chi connectivity index (χ4v) is 3.30. The fraction of sp³-hybridized carbons (Fsp3) is 0.167. The summed E-state index contributed by atoms with van der Waals surface area (Å²) in [7, 11) is 1.40. The Balaban J connectivity index is 2.05. The molecule has 17 heavy (non-hydrogen) atoms. The van der Waals surface area contributed by atoms with Gasteiger partial charge in [-0.05, 0) is 17.7 Å². The van der Waals surface area contributed by atoms with Crippen LogP contribution in [0, 0.1) is 0 Å². The molecular formula is C12H11NO2S2. The molecule has 2 aromatic rings. The molecule has 88 valence electrons. The molecule has 0 radical (unpaired) electrons. The third kappa shape index (κ3) is 3.08. The van der Waals surface area contributed by atoms with E-state index in [1.807, 2.05) is 22.9 Å². The number of rotatable bonds is 4. The Labute approximate surface area is 108 Å². The molecule has 0 atom stereocenters. The summed E-state index contributed by atoms with van der Waals surface area (Å²) in [6.45, 7) is 0. The van der Waals surface area contributed by atoms with Crippen molar-refractivity contribution in [2.75, 3.05) is 7.11 Å². The summed E-state index contributed by atoms with van der Waals surface area (Å²) < 4.78 is 4.73. The highest BCUT2D eigenvalue weighted by Gasteiger charge is 2.13. The topological polar surface area (TPSA) is 39.2 Å². The lowest BCUT2D eigenvalue weighted by Crippen LogP contribution is -2.00. The van der Waals surface area contributed by atoms with E-state index in [1.54, 1.807) is 24.2 Å². The molecule has 0 aromatic carbocycles. The van der Waals surface area contributed by atoms with Crippen molar-refractivity contribution in [3.63, 3.8) is 0 Å². The van der Waals surface area contributed by atoms with E-state index >= 15 is 0 Å². The lowest BCUT2D eigenvalue weighted by Gasteiger charge is -2.02. The number of aromatic nitrogens is 1. The Hall–Kier alpha value is -1.33. The number of methoxy groups -OCH3 is 1. The maximum absolute atomic E-state index is 11.5. The van der Waals surface area contributed by atoms with Crippen molar-refractivity contribution >= 4 is 29.1 Å². The number of esters is 1. The van der Waals surface area contributed by atoms with E-state index in [-0.39, 0.29) is 5.97 Å². The number of hydrogen-bond donors (Lipinski definition) is 0. The van der Waals surface area contributed by atoms with E-state index in [0.717, 1.165) is 10.6 Å². The fourth-order valence-electron chi connectivity index (χ4n) is 1.30. The first-order valence-electron chi connectivity index (χ1n) is 4.97. The van der Waals surface area contributed by atoms with E-state index in [2.05, 4.69) is 4.98 Å². The van der Waals surface area contributed by atoms with Crippen molar-refractivity contribution in [3.05, 3.63) is 46.4 Å². The molecule has 0 bridgehead atoms. The summed E-state index contributed by atoms with van der Waals surface area (Å²) in [6, 6.07) is 3.94. The van der Waals surface area contributed by atoms with Crippen molar-refractivity contribution in [2.45, 2.75) is 10.6 Å². The number of nitrogens with zero attached hydrogens (tertiary/aromatic N) is 1. The van der Waals surface area contributed by atoms with E-state index in [0.29, 0.717) is 5.56 Å². The molecule has 2 heterocycles. The zero-order valence-electron chi connectivity index (χ0n) is 9.25. The monoisotopic (exact) mass is 265 g/mol. The van der Waals surface area contributed by atoms with Gasteiger partial charge in [-0.2, -0.15) is 11.3 Å². The number of carbonyl (C=O) groups is 1. The maximum Gasteiger partial charge on any atom is 0.339 e. The van der Waals surface area contributed by atoms with Crippen LogP contribution in [0.4, 0.5) is 0 Å². The molecule has 5 heteroatoms. The van der Waals surface area contributed by atoms with Gasteiger partial charge < -0.3 is 4.74 Å². The SMILES string of the molecule is COC(=O)c1cscc1SCc1ccncc1. The smallest absolute Gasteiger partial charge is 0.339 e. The standard InChI is InChI=1S/C12H11NO2S2/c1-15-12(14)10-7-16-8-11(10)17-6-9-2-4-13-5-3-9/h2-5,7-8H,6H2,1H3. The number of pyridine rings is 1. The van der Waals surface area contributed by atoms with Crippen LogP contribution >= 0.6 is 23.1 Å². The Bertz CT molecular complexity index is 496. The van der Waals surface area contributed by atoms with Crippen molar-refractivity contribution in [3.8, 4) is 0 Å². The third-order valence-corrected chi connectivity index (χ3v) is 4.19. The highest BCUT2D eigenvalue weighted by Crippen LogP contribution is 2.29. The molecular weight excluding hydrogens is 254 g/mol. The second-order valence-corrected chi connectivity index (χ2v) is 5.05. The van der Waals surface area contributed by atoms with E-state index in [4.69, 9.17) is 4.74 Å². The third-order valence-electron chi connectivity index (χ3n) is 2.18. The molecule has 0 amide bonds. The molecule has 0 unspecified atom stereocenters. The molecule has 2 aromatic heterocycles. The maximum atomic E-state index is 11.5. The van der Waals surface area contributed by atoms with Gasteiger partial charge in [-0.25, -0.2) is 4.79 Å². The Morgan fingerprint density at radius 2 is 2.18 bits per heavy atom. The summed E-state index contributed by atoms with van der Waals surface area (Å²) in [5.41, 5.74) is 1.84. The second kappa shape index (κ2) is 5.84. The van der Waals surface area contributed by atoms with Crippen LogP contribution in [0.15, 0.2) is 40.2 Å². The molecule has 2 rings (SSSR count). The van der Waals surface area contributed by atoms with Crippen LogP contribution in [0.5, 0.6) is 0 Å². The Morgan fingerprint density at radius 1 is 1.41 bits per heavy atom. The molecule has 0 saturated heterocycles. The largest absolute Gasteiger partial charge is 0.465 e. The minimum atomic E-state index is -0.275. The van der Waals surface area contributed by atoms with Crippen LogP contribution in [-0.2, 0) is 10.5 Å². The predicted octanol–water partition coefficient (Wildman–Crippen LogP) is 3.22. The highest BCUT2D eigenvalue weighted by molar-refractivity contribution is 7.98. The van der Waals surface area contributed by atoms with Gasteiger partial charge in [0.1, 0.15) is 0 Å². The van der Waals surface area contributed by atoms with Crippen LogP contribution in [0.1, 0.15) is 15.9 Å². The first-order valence-corrected chi connectivity index (χ1v) is 6.90. The molecule has 0 spiro atoms. The molecule has 0 fully saturated rings. The van der Waals surface area contributed by atoms with Gasteiger partial charge in [0, 0.05) is 33.8 Å². The number of thiophene rings is 1. The van der Waals surface area contributed by atoms with Gasteiger partial charge >= 0.3 is 5.97 Å². The van der Waals surface area contributed by atoms with Gasteiger partial charge in [0.25, 0.3) is 0 Å². The number of ether oxygens (including phenoxy) is 1. The lowest BCUT2D eigenvalue weighted by molar-refractivity contribution is 0.0597. The second-order valence-electron chi connectivity index (χ2n) is 3.29. The number of hydrogen-bond acceptors (Lipinski definition) is 5. The molecule has 0 N–H and O–H groups in total. The molecule has 0 aliphatic carbocycles. The van der Waals surface area contributed by atoms with Crippen molar-refractivity contribution in [2.24, 2.45) is 0 Å². The van der Waals surface area contributed by atoms with Gasteiger partial charge in [-0.15, -0.1) is 11.8 Å². The zero-order valence-corrected chi connectivity index (χ0v) is 10.9.